The van der Waals surface area contributed by atoms with Gasteiger partial charge in [-0.25, -0.2) is 0 Å². The maximum atomic E-state index is 12.9. The van der Waals surface area contributed by atoms with Gasteiger partial charge in [-0.3, -0.25) is 9.69 Å². The molecule has 10 heteroatoms. The maximum absolute atomic E-state index is 12.9. The van der Waals surface area contributed by atoms with Crippen molar-refractivity contribution in [1.29, 1.82) is 0 Å². The van der Waals surface area contributed by atoms with Crippen molar-refractivity contribution in [2.45, 2.75) is 23.2 Å². The standard InChI is InChI=1S/C25H30ClF3N4OS/c26-22-4-1-2-5-23(22)32-16-14-30(15-17-32)13-10-24(34)33-12-3-11-31(18-19-33)20-6-8-21(9-7-20)35-25(27,28)29/h1-2,4-9H,3,10-19H2. The van der Waals surface area contributed by atoms with Crippen molar-refractivity contribution in [2.24, 2.45) is 0 Å². The highest BCUT2D eigenvalue weighted by Crippen LogP contribution is 2.37. The normalized spacial score (nSPS) is 18.0. The van der Waals surface area contributed by atoms with Gasteiger partial charge in [-0.1, -0.05) is 23.7 Å². The predicted molar refractivity (Wildman–Crippen MR) is 136 cm³/mol. The van der Waals surface area contributed by atoms with Crippen molar-refractivity contribution in [3.05, 3.63) is 53.6 Å². The molecule has 2 fully saturated rings. The largest absolute Gasteiger partial charge is 0.446 e. The molecule has 0 N–H and O–H groups in total. The number of halogens is 4. The zero-order valence-electron chi connectivity index (χ0n) is 19.5. The van der Waals surface area contributed by atoms with Gasteiger partial charge in [-0.15, -0.1) is 0 Å². The smallest absolute Gasteiger partial charge is 0.370 e. The Hall–Kier alpha value is -2.10. The van der Waals surface area contributed by atoms with E-state index in [0.717, 1.165) is 62.1 Å². The molecule has 0 spiro atoms. The average molecular weight is 527 g/mol. The number of rotatable bonds is 6. The first kappa shape index (κ1) is 26.0. The zero-order valence-corrected chi connectivity index (χ0v) is 21.1. The van der Waals surface area contributed by atoms with Crippen LogP contribution < -0.4 is 9.80 Å². The number of carbonyl (C=O) groups is 1. The maximum Gasteiger partial charge on any atom is 0.446 e. The van der Waals surface area contributed by atoms with Gasteiger partial charge in [0, 0.05) is 75.9 Å². The molecule has 0 bridgehead atoms. The highest BCUT2D eigenvalue weighted by molar-refractivity contribution is 8.00. The number of amides is 1. The molecule has 5 nitrogen and oxygen atoms in total. The van der Waals surface area contributed by atoms with E-state index < -0.39 is 5.51 Å². The average Bonchev–Trinajstić information content (AvgIpc) is 3.09. The number of thioether (sulfide) groups is 1. The van der Waals surface area contributed by atoms with Gasteiger partial charge in [0.1, 0.15) is 0 Å². The second-order valence-electron chi connectivity index (χ2n) is 8.79. The second-order valence-corrected chi connectivity index (χ2v) is 10.3. The summed E-state index contributed by atoms with van der Waals surface area (Å²) in [5.74, 6) is 0.164. The van der Waals surface area contributed by atoms with Crippen LogP contribution in [-0.2, 0) is 4.79 Å². The van der Waals surface area contributed by atoms with E-state index in [1.165, 1.54) is 12.1 Å². The van der Waals surface area contributed by atoms with Gasteiger partial charge < -0.3 is 14.7 Å². The van der Waals surface area contributed by atoms with E-state index in [1.807, 2.05) is 29.2 Å². The summed E-state index contributed by atoms with van der Waals surface area (Å²) in [6.45, 7) is 7.09. The topological polar surface area (TPSA) is 30.0 Å². The van der Waals surface area contributed by atoms with Gasteiger partial charge in [0.25, 0.3) is 0 Å². The van der Waals surface area contributed by atoms with E-state index >= 15 is 0 Å². The quantitative estimate of drug-likeness (QED) is 0.483. The molecule has 2 aromatic rings. The monoisotopic (exact) mass is 526 g/mol. The van der Waals surface area contributed by atoms with E-state index in [2.05, 4.69) is 14.7 Å². The highest BCUT2D eigenvalue weighted by atomic mass is 35.5. The van der Waals surface area contributed by atoms with E-state index in [0.29, 0.717) is 26.1 Å². The fourth-order valence-corrected chi connectivity index (χ4v) is 5.41. The minimum atomic E-state index is -4.28. The van der Waals surface area contributed by atoms with E-state index in [-0.39, 0.29) is 22.6 Å². The Bertz CT molecular complexity index is 983. The molecule has 2 aromatic carbocycles. The molecule has 0 unspecified atom stereocenters. The minimum Gasteiger partial charge on any atom is -0.370 e. The summed E-state index contributed by atoms with van der Waals surface area (Å²) in [5, 5.41) is 0.766. The Balaban J connectivity index is 1.21. The molecule has 2 saturated heterocycles. The molecule has 35 heavy (non-hydrogen) atoms. The van der Waals surface area contributed by atoms with E-state index in [1.54, 1.807) is 12.1 Å². The fourth-order valence-electron chi connectivity index (χ4n) is 4.62. The summed E-state index contributed by atoms with van der Waals surface area (Å²) in [4.78, 5) is 21.8. The van der Waals surface area contributed by atoms with E-state index in [9.17, 15) is 18.0 Å². The summed E-state index contributed by atoms with van der Waals surface area (Å²) in [7, 11) is 0. The first-order chi connectivity index (χ1) is 16.8. The molecule has 190 valence electrons. The van der Waals surface area contributed by atoms with Crippen molar-refractivity contribution in [3.63, 3.8) is 0 Å². The SMILES string of the molecule is O=C(CCN1CCN(c2ccccc2Cl)CC1)N1CCCN(c2ccc(SC(F)(F)F)cc2)CC1. The first-order valence-corrected chi connectivity index (χ1v) is 13.1. The van der Waals surface area contributed by atoms with Crippen LogP contribution in [-0.4, -0.2) is 80.1 Å². The lowest BCUT2D eigenvalue weighted by Gasteiger charge is -2.36. The van der Waals surface area contributed by atoms with Crippen LogP contribution in [0.1, 0.15) is 12.8 Å². The van der Waals surface area contributed by atoms with Crippen LogP contribution in [0.15, 0.2) is 53.4 Å². The van der Waals surface area contributed by atoms with E-state index in [4.69, 9.17) is 11.6 Å². The zero-order chi connectivity index (χ0) is 24.8. The third kappa shape index (κ3) is 7.44. The number of para-hydroxylation sites is 1. The third-order valence-electron chi connectivity index (χ3n) is 6.49. The Morgan fingerprint density at radius 3 is 2.23 bits per heavy atom. The van der Waals surface area contributed by atoms with Crippen LogP contribution in [0.4, 0.5) is 24.5 Å². The summed E-state index contributed by atoms with van der Waals surface area (Å²) in [6, 6.07) is 14.4. The van der Waals surface area contributed by atoms with Crippen molar-refractivity contribution in [1.82, 2.24) is 9.80 Å². The number of hydrogen-bond acceptors (Lipinski definition) is 5. The summed E-state index contributed by atoms with van der Waals surface area (Å²) in [6.07, 6.45) is 1.33. The summed E-state index contributed by atoms with van der Waals surface area (Å²) in [5.41, 5.74) is -2.33. The number of carbonyl (C=O) groups excluding carboxylic acids is 1. The molecular formula is C25H30ClF3N4OS. The minimum absolute atomic E-state index is 0.103. The van der Waals surface area contributed by atoms with Crippen LogP contribution in [0, 0.1) is 0 Å². The Labute approximate surface area is 213 Å². The van der Waals surface area contributed by atoms with Crippen LogP contribution in [0.3, 0.4) is 0 Å². The predicted octanol–water partition coefficient (Wildman–Crippen LogP) is 5.20. The van der Waals surface area contributed by atoms with Crippen molar-refractivity contribution in [2.75, 3.05) is 68.7 Å². The molecule has 2 aliphatic heterocycles. The van der Waals surface area contributed by atoms with Gasteiger partial charge >= 0.3 is 5.51 Å². The van der Waals surface area contributed by atoms with Gasteiger partial charge in [0.2, 0.25) is 5.91 Å². The van der Waals surface area contributed by atoms with Gasteiger partial charge in [-0.05, 0) is 54.6 Å². The first-order valence-electron chi connectivity index (χ1n) is 11.9. The molecule has 0 atom stereocenters. The molecule has 4 rings (SSSR count). The molecule has 2 heterocycles. The third-order valence-corrected chi connectivity index (χ3v) is 7.55. The second kappa shape index (κ2) is 11.8. The van der Waals surface area contributed by atoms with Crippen LogP contribution in [0.5, 0.6) is 0 Å². The summed E-state index contributed by atoms with van der Waals surface area (Å²) >= 11 is 6.22. The fraction of sp³-hybridized carbons (Fsp3) is 0.480. The van der Waals surface area contributed by atoms with Crippen molar-refractivity contribution < 1.29 is 18.0 Å². The lowest BCUT2D eigenvalue weighted by atomic mass is 10.2. The van der Waals surface area contributed by atoms with Gasteiger partial charge in [-0.2, -0.15) is 13.2 Å². The number of nitrogens with zero attached hydrogens (tertiary/aromatic N) is 4. The van der Waals surface area contributed by atoms with Crippen LogP contribution >= 0.6 is 23.4 Å². The molecule has 0 radical (unpaired) electrons. The summed E-state index contributed by atoms with van der Waals surface area (Å²) < 4.78 is 37.7. The lowest BCUT2D eigenvalue weighted by Crippen LogP contribution is -2.47. The molecule has 0 aliphatic carbocycles. The van der Waals surface area contributed by atoms with Crippen LogP contribution in [0.25, 0.3) is 0 Å². The molecule has 2 aliphatic rings. The van der Waals surface area contributed by atoms with Gasteiger partial charge in [0.05, 0.1) is 10.7 Å². The Kier molecular flexibility index (Phi) is 8.73. The lowest BCUT2D eigenvalue weighted by molar-refractivity contribution is -0.131. The number of hydrogen-bond donors (Lipinski definition) is 0. The molecule has 1 amide bonds. The Morgan fingerprint density at radius 2 is 1.54 bits per heavy atom. The van der Waals surface area contributed by atoms with Crippen molar-refractivity contribution >= 4 is 40.6 Å². The number of benzene rings is 2. The number of piperazine rings is 1. The number of alkyl halides is 3. The molecular weight excluding hydrogens is 497 g/mol. The molecule has 0 saturated carbocycles. The Morgan fingerprint density at radius 1 is 0.857 bits per heavy atom. The number of anilines is 2. The highest BCUT2D eigenvalue weighted by Gasteiger charge is 2.29. The molecule has 0 aromatic heterocycles. The van der Waals surface area contributed by atoms with Crippen LogP contribution in [0.2, 0.25) is 5.02 Å². The van der Waals surface area contributed by atoms with Gasteiger partial charge in [0.15, 0.2) is 0 Å². The van der Waals surface area contributed by atoms with Crippen molar-refractivity contribution in [3.8, 4) is 0 Å².